The summed E-state index contributed by atoms with van der Waals surface area (Å²) in [6.45, 7) is 6.00. The highest BCUT2D eigenvalue weighted by molar-refractivity contribution is 5.64. The zero-order valence-corrected chi connectivity index (χ0v) is 14.5. The normalized spacial score (nSPS) is 10.2. The van der Waals surface area contributed by atoms with Crippen LogP contribution in [-0.4, -0.2) is 9.97 Å². The molecule has 5 heteroatoms. The van der Waals surface area contributed by atoms with Crippen molar-refractivity contribution in [2.24, 2.45) is 0 Å². The van der Waals surface area contributed by atoms with Gasteiger partial charge in [-0.05, 0) is 68.3 Å². The van der Waals surface area contributed by atoms with E-state index in [0.29, 0.717) is 17.2 Å². The lowest BCUT2D eigenvalue weighted by Gasteiger charge is -2.11. The number of nitrogens with zero attached hydrogens (tertiary/aromatic N) is 3. The molecule has 3 rings (SSSR count). The summed E-state index contributed by atoms with van der Waals surface area (Å²) in [5, 5.41) is 15.5. The van der Waals surface area contributed by atoms with Gasteiger partial charge in [-0.15, -0.1) is 0 Å². The number of aromatic nitrogens is 2. The van der Waals surface area contributed by atoms with Crippen LogP contribution >= 0.6 is 0 Å². The van der Waals surface area contributed by atoms with Crippen molar-refractivity contribution in [3.8, 4) is 6.07 Å². The third-order valence-electron chi connectivity index (χ3n) is 3.62. The molecule has 5 nitrogen and oxygen atoms in total. The Kier molecular flexibility index (Phi) is 4.62. The molecular weight excluding hydrogens is 310 g/mol. The molecule has 1 heterocycles. The van der Waals surface area contributed by atoms with Crippen molar-refractivity contribution in [3.63, 3.8) is 0 Å². The topological polar surface area (TPSA) is 73.6 Å². The summed E-state index contributed by atoms with van der Waals surface area (Å²) in [5.41, 5.74) is 4.89. The van der Waals surface area contributed by atoms with Crippen LogP contribution in [0.15, 0.2) is 48.5 Å². The smallest absolute Gasteiger partial charge is 0.136 e. The molecule has 2 N–H and O–H groups in total. The highest BCUT2D eigenvalue weighted by atomic mass is 15.1. The highest BCUT2D eigenvalue weighted by Crippen LogP contribution is 2.22. The Morgan fingerprint density at radius 3 is 1.88 bits per heavy atom. The molecule has 124 valence electrons. The number of nitriles is 1. The number of anilines is 4. The molecular formula is C20H19N5. The van der Waals surface area contributed by atoms with Crippen LogP contribution in [0.4, 0.5) is 23.0 Å². The average Bonchev–Trinajstić information content (AvgIpc) is 2.54. The van der Waals surface area contributed by atoms with Gasteiger partial charge in [-0.1, -0.05) is 6.07 Å². The average molecular weight is 329 g/mol. The first-order valence-corrected chi connectivity index (χ1v) is 8.00. The summed E-state index contributed by atoms with van der Waals surface area (Å²) in [5.74, 6) is 2.10. The van der Waals surface area contributed by atoms with Crippen molar-refractivity contribution < 1.29 is 0 Å². The van der Waals surface area contributed by atoms with Crippen molar-refractivity contribution >= 4 is 23.0 Å². The predicted octanol–water partition coefficient (Wildman–Crippen LogP) is 4.76. The Balaban J connectivity index is 1.83. The summed E-state index contributed by atoms with van der Waals surface area (Å²) in [6.07, 6.45) is 0. The Bertz CT molecular complexity index is 919. The molecule has 0 atom stereocenters. The highest BCUT2D eigenvalue weighted by Gasteiger charge is 2.04. The van der Waals surface area contributed by atoms with Crippen molar-refractivity contribution in [3.05, 3.63) is 71.0 Å². The molecule has 25 heavy (non-hydrogen) atoms. The van der Waals surface area contributed by atoms with E-state index in [1.54, 1.807) is 12.1 Å². The van der Waals surface area contributed by atoms with Crippen LogP contribution in [-0.2, 0) is 0 Å². The number of hydrogen-bond acceptors (Lipinski definition) is 5. The van der Waals surface area contributed by atoms with Crippen LogP contribution in [0.2, 0.25) is 0 Å². The summed E-state index contributed by atoms with van der Waals surface area (Å²) in [4.78, 5) is 8.87. The first kappa shape index (κ1) is 16.5. The number of aryl methyl sites for hydroxylation is 3. The van der Waals surface area contributed by atoms with E-state index in [9.17, 15) is 0 Å². The molecule has 0 saturated heterocycles. The van der Waals surface area contributed by atoms with Crippen LogP contribution in [0.1, 0.15) is 22.5 Å². The van der Waals surface area contributed by atoms with Gasteiger partial charge in [0.2, 0.25) is 0 Å². The number of nitrogens with one attached hydrogen (secondary N) is 2. The lowest BCUT2D eigenvalue weighted by atomic mass is 10.1. The van der Waals surface area contributed by atoms with Gasteiger partial charge in [0.15, 0.2) is 0 Å². The second-order valence-corrected chi connectivity index (χ2v) is 6.00. The fraction of sp³-hybridized carbons (Fsp3) is 0.150. The van der Waals surface area contributed by atoms with Crippen molar-refractivity contribution in [2.75, 3.05) is 10.6 Å². The molecule has 3 aromatic rings. The minimum Gasteiger partial charge on any atom is -0.340 e. The molecule has 0 spiro atoms. The number of rotatable bonds is 4. The Morgan fingerprint density at radius 1 is 0.760 bits per heavy atom. The van der Waals surface area contributed by atoms with E-state index in [1.165, 1.54) is 11.1 Å². The van der Waals surface area contributed by atoms with E-state index in [4.69, 9.17) is 5.26 Å². The van der Waals surface area contributed by atoms with Crippen molar-refractivity contribution in [1.29, 1.82) is 5.26 Å². The summed E-state index contributed by atoms with van der Waals surface area (Å²) >= 11 is 0. The SMILES string of the molecule is Cc1cc(C)cc(Nc2cc(Nc3ccc(C#N)cc3)nc(C)n2)c1. The second-order valence-electron chi connectivity index (χ2n) is 6.00. The van der Waals surface area contributed by atoms with E-state index >= 15 is 0 Å². The fourth-order valence-electron chi connectivity index (χ4n) is 2.67. The molecule has 0 saturated carbocycles. The van der Waals surface area contributed by atoms with Crippen LogP contribution in [0.3, 0.4) is 0 Å². The van der Waals surface area contributed by atoms with E-state index < -0.39 is 0 Å². The summed E-state index contributed by atoms with van der Waals surface area (Å²) in [6, 6.07) is 17.5. The molecule has 0 radical (unpaired) electrons. The van der Waals surface area contributed by atoms with Gasteiger partial charge in [0.1, 0.15) is 17.5 Å². The first-order valence-electron chi connectivity index (χ1n) is 8.00. The minimum absolute atomic E-state index is 0.626. The van der Waals surface area contributed by atoms with Crippen LogP contribution in [0, 0.1) is 32.1 Å². The molecule has 0 bridgehead atoms. The van der Waals surface area contributed by atoms with Gasteiger partial charge in [-0.3, -0.25) is 0 Å². The van der Waals surface area contributed by atoms with E-state index in [2.05, 4.69) is 58.7 Å². The maximum atomic E-state index is 8.87. The molecule has 0 unspecified atom stereocenters. The summed E-state index contributed by atoms with van der Waals surface area (Å²) in [7, 11) is 0. The van der Waals surface area contributed by atoms with E-state index in [-0.39, 0.29) is 0 Å². The van der Waals surface area contributed by atoms with Gasteiger partial charge in [0.25, 0.3) is 0 Å². The number of benzene rings is 2. The molecule has 1 aromatic heterocycles. The van der Waals surface area contributed by atoms with E-state index in [0.717, 1.165) is 17.2 Å². The predicted molar refractivity (Wildman–Crippen MR) is 100 cm³/mol. The standard InChI is InChI=1S/C20H19N5/c1-13-8-14(2)10-18(9-13)25-20-11-19(22-15(3)23-20)24-17-6-4-16(12-21)5-7-17/h4-11H,1-3H3,(H2,22,23,24,25). The van der Waals surface area contributed by atoms with Gasteiger partial charge in [0, 0.05) is 17.4 Å². The lowest BCUT2D eigenvalue weighted by molar-refractivity contribution is 1.06. The molecule has 0 aliphatic carbocycles. The Labute approximate surface area is 147 Å². The van der Waals surface area contributed by atoms with Crippen LogP contribution in [0.25, 0.3) is 0 Å². The second kappa shape index (κ2) is 7.02. The largest absolute Gasteiger partial charge is 0.340 e. The lowest BCUT2D eigenvalue weighted by Crippen LogP contribution is -2.01. The van der Waals surface area contributed by atoms with Crippen molar-refractivity contribution in [1.82, 2.24) is 9.97 Å². The quantitative estimate of drug-likeness (QED) is 0.722. The minimum atomic E-state index is 0.626. The third kappa shape index (κ3) is 4.33. The van der Waals surface area contributed by atoms with Crippen LogP contribution < -0.4 is 10.6 Å². The van der Waals surface area contributed by atoms with Gasteiger partial charge < -0.3 is 10.6 Å². The zero-order valence-electron chi connectivity index (χ0n) is 14.5. The van der Waals surface area contributed by atoms with Crippen molar-refractivity contribution in [2.45, 2.75) is 20.8 Å². The van der Waals surface area contributed by atoms with E-state index in [1.807, 2.05) is 25.1 Å². The molecule has 0 aliphatic rings. The van der Waals surface area contributed by atoms with Gasteiger partial charge in [-0.25, -0.2) is 9.97 Å². The maximum Gasteiger partial charge on any atom is 0.136 e. The third-order valence-corrected chi connectivity index (χ3v) is 3.62. The first-order chi connectivity index (χ1) is 12.0. The van der Waals surface area contributed by atoms with Crippen LogP contribution in [0.5, 0.6) is 0 Å². The fourth-order valence-corrected chi connectivity index (χ4v) is 2.67. The van der Waals surface area contributed by atoms with Gasteiger partial charge in [0.05, 0.1) is 11.6 Å². The number of hydrogen-bond donors (Lipinski definition) is 2. The van der Waals surface area contributed by atoms with Gasteiger partial charge in [-0.2, -0.15) is 5.26 Å². The Morgan fingerprint density at radius 2 is 1.32 bits per heavy atom. The maximum absolute atomic E-state index is 8.87. The summed E-state index contributed by atoms with van der Waals surface area (Å²) < 4.78 is 0. The monoisotopic (exact) mass is 329 g/mol. The molecule has 2 aromatic carbocycles. The zero-order chi connectivity index (χ0) is 17.8. The Hall–Kier alpha value is -3.39. The molecule has 0 amide bonds. The molecule has 0 aliphatic heterocycles. The van der Waals surface area contributed by atoms with Gasteiger partial charge >= 0.3 is 0 Å². The molecule has 0 fully saturated rings.